The number of alkyl carbamates (subject to hydrolysis) is 1. The zero-order valence-corrected chi connectivity index (χ0v) is 16.4. The molecule has 1 unspecified atom stereocenters. The van der Waals surface area contributed by atoms with Gasteiger partial charge in [-0.3, -0.25) is 0 Å². The highest BCUT2D eigenvalue weighted by Gasteiger charge is 2.27. The highest BCUT2D eigenvalue weighted by molar-refractivity contribution is 7.90. The van der Waals surface area contributed by atoms with Crippen LogP contribution in [-0.4, -0.2) is 30.3 Å². The van der Waals surface area contributed by atoms with Gasteiger partial charge in [-0.1, -0.05) is 34.9 Å². The number of nitrogens with one attached hydrogen (secondary N) is 1. The summed E-state index contributed by atoms with van der Waals surface area (Å²) in [7, 11) is -3.87. The van der Waals surface area contributed by atoms with E-state index in [-0.39, 0.29) is 11.6 Å². The van der Waals surface area contributed by atoms with Crippen LogP contribution in [0.2, 0.25) is 5.02 Å². The van der Waals surface area contributed by atoms with Crippen LogP contribution in [0.4, 0.5) is 4.79 Å². The molecule has 1 N–H and O–H groups in total. The van der Waals surface area contributed by atoms with Gasteiger partial charge in [-0.15, -0.1) is 5.10 Å². The van der Waals surface area contributed by atoms with E-state index in [1.165, 1.54) is 0 Å². The van der Waals surface area contributed by atoms with E-state index >= 15 is 0 Å². The minimum Gasteiger partial charge on any atom is -0.444 e. The van der Waals surface area contributed by atoms with Crippen molar-refractivity contribution in [2.24, 2.45) is 0 Å². The van der Waals surface area contributed by atoms with E-state index in [9.17, 15) is 13.2 Å². The summed E-state index contributed by atoms with van der Waals surface area (Å²) >= 11 is 5.99. The van der Waals surface area contributed by atoms with Crippen LogP contribution in [0.25, 0.3) is 0 Å². The topological polar surface area (TPSA) is 111 Å². The van der Waals surface area contributed by atoms with Crippen LogP contribution >= 0.6 is 11.6 Å². The maximum Gasteiger partial charge on any atom is 0.408 e. The summed E-state index contributed by atoms with van der Waals surface area (Å²) < 4.78 is 35.2. The number of hydrogen-bond acceptors (Lipinski definition) is 7. The van der Waals surface area contributed by atoms with E-state index in [0.29, 0.717) is 10.6 Å². The Morgan fingerprint density at radius 3 is 2.58 bits per heavy atom. The molecule has 0 spiro atoms. The summed E-state index contributed by atoms with van der Waals surface area (Å²) in [5.74, 6) is -0.420. The Balaban J connectivity index is 2.10. The Labute approximate surface area is 156 Å². The number of aromatic nitrogens is 2. The second kappa shape index (κ2) is 7.63. The number of hydrogen-bond donors (Lipinski definition) is 1. The second-order valence-electron chi connectivity index (χ2n) is 6.62. The molecule has 0 aliphatic heterocycles. The van der Waals surface area contributed by atoms with Crippen molar-refractivity contribution in [1.29, 1.82) is 0 Å². The second-order valence-corrected chi connectivity index (χ2v) is 8.90. The maximum absolute atomic E-state index is 12.4. The molecule has 1 aromatic carbocycles. The largest absolute Gasteiger partial charge is 0.444 e. The molecule has 0 saturated carbocycles. The Kier molecular flexibility index (Phi) is 5.92. The SMILES string of the molecule is CC(NC(=O)OC(C)(C)C)c1nnc(S(=O)(=O)Cc2ccccc2Cl)o1. The fraction of sp³-hybridized carbons (Fsp3) is 0.438. The smallest absolute Gasteiger partial charge is 0.408 e. The van der Waals surface area contributed by atoms with Crippen molar-refractivity contribution in [3.8, 4) is 0 Å². The summed E-state index contributed by atoms with van der Waals surface area (Å²) in [6.07, 6.45) is -0.677. The fourth-order valence-corrected chi connectivity index (χ4v) is 3.39. The monoisotopic (exact) mass is 401 g/mol. The molecule has 2 aromatic rings. The molecule has 1 aromatic heterocycles. The van der Waals surface area contributed by atoms with Gasteiger partial charge in [-0.05, 0) is 39.3 Å². The summed E-state index contributed by atoms with van der Waals surface area (Å²) in [5.41, 5.74) is -0.240. The lowest BCUT2D eigenvalue weighted by Crippen LogP contribution is -2.34. The minimum atomic E-state index is -3.87. The first-order chi connectivity index (χ1) is 12.0. The first-order valence-corrected chi connectivity index (χ1v) is 9.80. The van der Waals surface area contributed by atoms with Crippen molar-refractivity contribution in [3.05, 3.63) is 40.7 Å². The van der Waals surface area contributed by atoms with Crippen LogP contribution in [0.1, 0.15) is 45.2 Å². The first-order valence-electron chi connectivity index (χ1n) is 7.77. The molecule has 0 aliphatic rings. The molecule has 0 bridgehead atoms. The third-order valence-electron chi connectivity index (χ3n) is 3.10. The lowest BCUT2D eigenvalue weighted by molar-refractivity contribution is 0.0500. The van der Waals surface area contributed by atoms with Crippen molar-refractivity contribution in [3.63, 3.8) is 0 Å². The molecule has 2 rings (SSSR count). The van der Waals surface area contributed by atoms with E-state index in [1.54, 1.807) is 52.0 Å². The molecule has 1 atom stereocenters. The lowest BCUT2D eigenvalue weighted by Gasteiger charge is -2.20. The highest BCUT2D eigenvalue weighted by Crippen LogP contribution is 2.22. The summed E-state index contributed by atoms with van der Waals surface area (Å²) in [6.45, 7) is 6.75. The molecule has 0 aliphatic carbocycles. The predicted octanol–water partition coefficient (Wildman–Crippen LogP) is 3.28. The zero-order chi connectivity index (χ0) is 19.5. The molecule has 1 amide bonds. The number of carbonyl (C=O) groups is 1. The van der Waals surface area contributed by atoms with Gasteiger partial charge in [-0.2, -0.15) is 0 Å². The summed E-state index contributed by atoms with van der Waals surface area (Å²) in [6, 6.07) is 5.86. The van der Waals surface area contributed by atoms with E-state index in [1.807, 2.05) is 0 Å². The number of halogens is 1. The lowest BCUT2D eigenvalue weighted by atomic mass is 10.2. The van der Waals surface area contributed by atoms with E-state index < -0.39 is 32.8 Å². The standard InChI is InChI=1S/C16H20ClN3O5S/c1-10(18-14(21)25-16(2,3)4)13-19-20-15(24-13)26(22,23)9-11-7-5-6-8-12(11)17/h5-8,10H,9H2,1-4H3,(H,18,21). The number of ether oxygens (including phenoxy) is 1. The number of benzene rings is 1. The van der Waals surface area contributed by atoms with Gasteiger partial charge >= 0.3 is 11.3 Å². The first kappa shape index (κ1) is 20.2. The van der Waals surface area contributed by atoms with Crippen molar-refractivity contribution in [1.82, 2.24) is 15.5 Å². The Morgan fingerprint density at radius 1 is 1.31 bits per heavy atom. The molecular formula is C16H20ClN3O5S. The molecule has 1 heterocycles. The van der Waals surface area contributed by atoms with Gasteiger partial charge in [0, 0.05) is 5.02 Å². The number of carbonyl (C=O) groups excluding carboxylic acids is 1. The van der Waals surface area contributed by atoms with Gasteiger partial charge in [0.1, 0.15) is 11.6 Å². The Hall–Kier alpha value is -2.13. The minimum absolute atomic E-state index is 0.0476. The molecule has 0 fully saturated rings. The van der Waals surface area contributed by atoms with Crippen LogP contribution in [-0.2, 0) is 20.3 Å². The van der Waals surface area contributed by atoms with Gasteiger partial charge in [0.15, 0.2) is 0 Å². The highest BCUT2D eigenvalue weighted by atomic mass is 35.5. The summed E-state index contributed by atoms with van der Waals surface area (Å²) in [5, 5.41) is 9.57. The number of sulfone groups is 1. The Bertz CT molecular complexity index is 889. The average Bonchev–Trinajstić information content (AvgIpc) is 2.98. The van der Waals surface area contributed by atoms with E-state index in [2.05, 4.69) is 15.5 Å². The molecule has 142 valence electrons. The molecule has 26 heavy (non-hydrogen) atoms. The molecule has 0 saturated heterocycles. The van der Waals surface area contributed by atoms with Gasteiger partial charge in [-0.25, -0.2) is 13.2 Å². The van der Waals surface area contributed by atoms with Crippen LogP contribution < -0.4 is 5.32 Å². The molecule has 10 heteroatoms. The van der Waals surface area contributed by atoms with Crippen LogP contribution in [0, 0.1) is 0 Å². The number of rotatable bonds is 5. The molecule has 8 nitrogen and oxygen atoms in total. The van der Waals surface area contributed by atoms with Gasteiger partial charge < -0.3 is 14.5 Å². The van der Waals surface area contributed by atoms with Crippen LogP contribution in [0.15, 0.2) is 33.9 Å². The molecular weight excluding hydrogens is 382 g/mol. The van der Waals surface area contributed by atoms with Crippen LogP contribution in [0.3, 0.4) is 0 Å². The maximum atomic E-state index is 12.4. The van der Waals surface area contributed by atoms with Gasteiger partial charge in [0.2, 0.25) is 15.7 Å². The zero-order valence-electron chi connectivity index (χ0n) is 14.8. The number of nitrogens with zero attached hydrogens (tertiary/aromatic N) is 2. The van der Waals surface area contributed by atoms with E-state index in [4.69, 9.17) is 20.8 Å². The van der Waals surface area contributed by atoms with Crippen molar-refractivity contribution >= 4 is 27.5 Å². The quantitative estimate of drug-likeness (QED) is 0.817. The Morgan fingerprint density at radius 2 is 1.96 bits per heavy atom. The fourth-order valence-electron chi connectivity index (χ4n) is 1.95. The normalized spacial score (nSPS) is 13.3. The van der Waals surface area contributed by atoms with Crippen molar-refractivity contribution in [2.75, 3.05) is 0 Å². The van der Waals surface area contributed by atoms with Crippen LogP contribution in [0.5, 0.6) is 0 Å². The van der Waals surface area contributed by atoms with Gasteiger partial charge in [0.25, 0.3) is 0 Å². The number of amides is 1. The van der Waals surface area contributed by atoms with E-state index in [0.717, 1.165) is 0 Å². The van der Waals surface area contributed by atoms with Crippen molar-refractivity contribution in [2.45, 2.75) is 50.3 Å². The third-order valence-corrected chi connectivity index (χ3v) is 4.85. The predicted molar refractivity (Wildman–Crippen MR) is 94.4 cm³/mol. The molecule has 0 radical (unpaired) electrons. The average molecular weight is 402 g/mol. The summed E-state index contributed by atoms with van der Waals surface area (Å²) in [4.78, 5) is 11.8. The van der Waals surface area contributed by atoms with Crippen molar-refractivity contribution < 1.29 is 22.4 Å². The van der Waals surface area contributed by atoms with Gasteiger partial charge in [0.05, 0.1) is 5.75 Å². The third kappa shape index (κ3) is 5.43.